The molecule has 1 atom stereocenters. The van der Waals surface area contributed by atoms with Gasteiger partial charge in [-0.1, -0.05) is 11.6 Å². The Bertz CT molecular complexity index is 439. The first-order valence-electron chi connectivity index (χ1n) is 5.39. The highest BCUT2D eigenvalue weighted by Crippen LogP contribution is 2.19. The molecule has 0 aliphatic carbocycles. The summed E-state index contributed by atoms with van der Waals surface area (Å²) in [4.78, 5) is 17.9. The summed E-state index contributed by atoms with van der Waals surface area (Å²) >= 11 is 5.77. The maximum atomic E-state index is 12.3. The number of nitrogen functional groups attached to an aromatic ring is 1. The zero-order valence-corrected chi connectivity index (χ0v) is 10.3. The Morgan fingerprint density at radius 1 is 1.71 bits per heavy atom. The van der Waals surface area contributed by atoms with Gasteiger partial charge in [-0.25, -0.2) is 4.98 Å². The maximum absolute atomic E-state index is 12.3. The van der Waals surface area contributed by atoms with Crippen LogP contribution in [0.3, 0.4) is 0 Å². The predicted molar refractivity (Wildman–Crippen MR) is 65.0 cm³/mol. The molecule has 1 fully saturated rings. The quantitative estimate of drug-likeness (QED) is 0.765. The van der Waals surface area contributed by atoms with Crippen LogP contribution in [0.5, 0.6) is 0 Å². The number of hydrogen-bond acceptors (Lipinski definition) is 4. The normalized spacial score (nSPS) is 20.4. The van der Waals surface area contributed by atoms with E-state index in [1.807, 2.05) is 6.92 Å². The molecule has 2 N–H and O–H groups in total. The molecule has 6 heteroatoms. The molecule has 1 unspecified atom stereocenters. The molecule has 0 aromatic carbocycles. The number of morpholine rings is 1. The molecule has 5 nitrogen and oxygen atoms in total. The summed E-state index contributed by atoms with van der Waals surface area (Å²) in [7, 11) is 0. The van der Waals surface area contributed by atoms with E-state index in [0.717, 1.165) is 0 Å². The Morgan fingerprint density at radius 3 is 3.18 bits per heavy atom. The first-order valence-corrected chi connectivity index (χ1v) is 5.77. The van der Waals surface area contributed by atoms with Crippen molar-refractivity contribution in [2.45, 2.75) is 13.0 Å². The lowest BCUT2D eigenvalue weighted by atomic mass is 10.1. The molecule has 2 heterocycles. The molecule has 1 saturated heterocycles. The number of carbonyl (C=O) groups is 1. The largest absolute Gasteiger partial charge is 0.397 e. The molecule has 2 rings (SSSR count). The second kappa shape index (κ2) is 4.89. The highest BCUT2D eigenvalue weighted by Gasteiger charge is 2.26. The van der Waals surface area contributed by atoms with Crippen molar-refractivity contribution in [1.29, 1.82) is 0 Å². The highest BCUT2D eigenvalue weighted by molar-refractivity contribution is 6.29. The number of pyridine rings is 1. The molecule has 1 aromatic heterocycles. The maximum Gasteiger partial charge on any atom is 0.256 e. The van der Waals surface area contributed by atoms with Crippen molar-refractivity contribution in [2.24, 2.45) is 0 Å². The molecule has 0 bridgehead atoms. The Balaban J connectivity index is 2.26. The van der Waals surface area contributed by atoms with Crippen LogP contribution in [0.25, 0.3) is 0 Å². The summed E-state index contributed by atoms with van der Waals surface area (Å²) in [6, 6.07) is 1.55. The average molecular weight is 256 g/mol. The van der Waals surface area contributed by atoms with E-state index in [2.05, 4.69) is 4.98 Å². The van der Waals surface area contributed by atoms with Crippen molar-refractivity contribution in [3.63, 3.8) is 0 Å². The molecule has 0 saturated carbocycles. The van der Waals surface area contributed by atoms with Gasteiger partial charge >= 0.3 is 0 Å². The van der Waals surface area contributed by atoms with Crippen LogP contribution in [0.1, 0.15) is 17.3 Å². The van der Waals surface area contributed by atoms with Gasteiger partial charge in [-0.15, -0.1) is 0 Å². The summed E-state index contributed by atoms with van der Waals surface area (Å²) in [5.74, 6) is -0.123. The number of nitrogens with zero attached hydrogens (tertiary/aromatic N) is 2. The van der Waals surface area contributed by atoms with Crippen LogP contribution in [-0.4, -0.2) is 41.6 Å². The number of ether oxygens (including phenoxy) is 1. The van der Waals surface area contributed by atoms with Crippen LogP contribution in [0.2, 0.25) is 5.15 Å². The fourth-order valence-corrected chi connectivity index (χ4v) is 1.97. The van der Waals surface area contributed by atoms with E-state index in [-0.39, 0.29) is 17.1 Å². The minimum absolute atomic E-state index is 0.0441. The lowest BCUT2D eigenvalue weighted by Gasteiger charge is -2.33. The zero-order valence-electron chi connectivity index (χ0n) is 9.52. The topological polar surface area (TPSA) is 68.5 Å². The van der Waals surface area contributed by atoms with Gasteiger partial charge < -0.3 is 15.4 Å². The van der Waals surface area contributed by atoms with E-state index >= 15 is 0 Å². The van der Waals surface area contributed by atoms with Gasteiger partial charge in [-0.3, -0.25) is 4.79 Å². The lowest BCUT2D eigenvalue weighted by Crippen LogP contribution is -2.47. The van der Waals surface area contributed by atoms with Crippen LogP contribution in [0, 0.1) is 0 Å². The third kappa shape index (κ3) is 2.50. The predicted octanol–water partition coefficient (Wildman–Crippen LogP) is 1.18. The van der Waals surface area contributed by atoms with Crippen LogP contribution >= 0.6 is 11.6 Å². The molecule has 1 aromatic rings. The smallest absolute Gasteiger partial charge is 0.256 e. The first-order chi connectivity index (χ1) is 8.09. The average Bonchev–Trinajstić information content (AvgIpc) is 2.32. The second-order valence-electron chi connectivity index (χ2n) is 4.02. The van der Waals surface area contributed by atoms with E-state index in [4.69, 9.17) is 22.1 Å². The Hall–Kier alpha value is -1.33. The number of aromatic nitrogens is 1. The van der Waals surface area contributed by atoms with Crippen molar-refractivity contribution >= 4 is 23.2 Å². The van der Waals surface area contributed by atoms with E-state index in [9.17, 15) is 4.79 Å². The van der Waals surface area contributed by atoms with Gasteiger partial charge in [0.1, 0.15) is 5.15 Å². The van der Waals surface area contributed by atoms with Gasteiger partial charge in [0, 0.05) is 6.54 Å². The van der Waals surface area contributed by atoms with Crippen molar-refractivity contribution in [3.8, 4) is 0 Å². The zero-order chi connectivity index (χ0) is 12.4. The molecule has 1 amide bonds. The lowest BCUT2D eigenvalue weighted by molar-refractivity contribution is 0.00365. The standard InChI is InChI=1S/C11H14ClN3O2/c1-7-6-17-3-2-15(7)11(16)8-4-10(12)14-5-9(8)13/h4-5,7H,2-3,6,13H2,1H3. The fourth-order valence-electron chi connectivity index (χ4n) is 1.81. The van der Waals surface area contributed by atoms with Gasteiger partial charge in [-0.2, -0.15) is 0 Å². The number of carbonyl (C=O) groups excluding carboxylic acids is 1. The summed E-state index contributed by atoms with van der Waals surface area (Å²) in [5, 5.41) is 0.267. The fraction of sp³-hybridized carbons (Fsp3) is 0.455. The van der Waals surface area contributed by atoms with Crippen molar-refractivity contribution in [1.82, 2.24) is 9.88 Å². The van der Waals surface area contributed by atoms with Crippen LogP contribution in [0.4, 0.5) is 5.69 Å². The van der Waals surface area contributed by atoms with Crippen molar-refractivity contribution in [2.75, 3.05) is 25.5 Å². The number of halogens is 1. The number of rotatable bonds is 1. The van der Waals surface area contributed by atoms with E-state index < -0.39 is 0 Å². The molecule has 1 aliphatic rings. The number of hydrogen-bond donors (Lipinski definition) is 1. The van der Waals surface area contributed by atoms with Crippen LogP contribution in [-0.2, 0) is 4.74 Å². The number of nitrogens with two attached hydrogens (primary N) is 1. The summed E-state index contributed by atoms with van der Waals surface area (Å²) in [6.07, 6.45) is 1.40. The molecule has 0 radical (unpaired) electrons. The minimum Gasteiger partial charge on any atom is -0.397 e. The molecule has 17 heavy (non-hydrogen) atoms. The van der Waals surface area contributed by atoms with Gasteiger partial charge in [0.2, 0.25) is 0 Å². The second-order valence-corrected chi connectivity index (χ2v) is 4.40. The summed E-state index contributed by atoms with van der Waals surface area (Å²) < 4.78 is 5.29. The van der Waals surface area contributed by atoms with E-state index in [1.165, 1.54) is 12.3 Å². The van der Waals surface area contributed by atoms with Gasteiger partial charge in [0.05, 0.1) is 36.7 Å². The summed E-state index contributed by atoms with van der Waals surface area (Å²) in [5.41, 5.74) is 6.49. The van der Waals surface area contributed by atoms with Gasteiger partial charge in [0.25, 0.3) is 5.91 Å². The van der Waals surface area contributed by atoms with Crippen LogP contribution < -0.4 is 5.73 Å². The molecule has 92 valence electrons. The third-order valence-corrected chi connectivity index (χ3v) is 2.97. The third-order valence-electron chi connectivity index (χ3n) is 2.76. The SMILES string of the molecule is CC1COCCN1C(=O)c1cc(Cl)ncc1N. The summed E-state index contributed by atoms with van der Waals surface area (Å²) in [6.45, 7) is 3.61. The molecule has 1 aliphatic heterocycles. The van der Waals surface area contributed by atoms with E-state index in [0.29, 0.717) is 31.0 Å². The number of amides is 1. The molecular weight excluding hydrogens is 242 g/mol. The first kappa shape index (κ1) is 12.1. The molecular formula is C11H14ClN3O2. The number of anilines is 1. The Morgan fingerprint density at radius 2 is 2.47 bits per heavy atom. The monoisotopic (exact) mass is 255 g/mol. The van der Waals surface area contributed by atoms with Crippen molar-refractivity contribution in [3.05, 3.63) is 23.0 Å². The van der Waals surface area contributed by atoms with Gasteiger partial charge in [0.15, 0.2) is 0 Å². The minimum atomic E-state index is -0.123. The van der Waals surface area contributed by atoms with Gasteiger partial charge in [-0.05, 0) is 13.0 Å². The van der Waals surface area contributed by atoms with Crippen molar-refractivity contribution < 1.29 is 9.53 Å². The molecule has 0 spiro atoms. The Kier molecular flexibility index (Phi) is 3.49. The highest BCUT2D eigenvalue weighted by atomic mass is 35.5. The van der Waals surface area contributed by atoms with Crippen LogP contribution in [0.15, 0.2) is 12.3 Å². The Labute approximate surface area is 105 Å². The van der Waals surface area contributed by atoms with E-state index in [1.54, 1.807) is 4.90 Å².